The Hall–Kier alpha value is -1.49. The van der Waals surface area contributed by atoms with E-state index in [2.05, 4.69) is 5.32 Å². The van der Waals surface area contributed by atoms with Crippen LogP contribution in [0.2, 0.25) is 0 Å². The molecule has 3 N–H and O–H groups in total. The van der Waals surface area contributed by atoms with Crippen LogP contribution in [0.3, 0.4) is 0 Å². The highest BCUT2D eigenvalue weighted by Crippen LogP contribution is 2.14. The lowest BCUT2D eigenvalue weighted by atomic mass is 10.1. The number of hydrogen-bond donors (Lipinski definition) is 2. The minimum absolute atomic E-state index is 0.0918. The number of hydrogen-bond acceptors (Lipinski definition) is 2. The highest BCUT2D eigenvalue weighted by Gasteiger charge is 2.16. The summed E-state index contributed by atoms with van der Waals surface area (Å²) in [5.74, 6) is -2.03. The normalized spacial score (nSPS) is 12.3. The predicted octanol–water partition coefficient (Wildman–Crippen LogP) is 2.13. The number of aryl methyl sites for hydroxylation is 1. The molecule has 0 aromatic heterocycles. The summed E-state index contributed by atoms with van der Waals surface area (Å²) < 4.78 is 26.5. The summed E-state index contributed by atoms with van der Waals surface area (Å²) in [7, 11) is 0. The largest absolute Gasteiger partial charge is 0.349 e. The molecular weight excluding hydrogens is 238 g/mol. The zero-order valence-corrected chi connectivity index (χ0v) is 10.6. The molecule has 5 heteroatoms. The van der Waals surface area contributed by atoms with E-state index in [0.717, 1.165) is 18.9 Å². The van der Waals surface area contributed by atoms with Gasteiger partial charge in [-0.3, -0.25) is 4.79 Å². The second-order valence-electron chi connectivity index (χ2n) is 4.39. The maximum atomic E-state index is 13.5. The van der Waals surface area contributed by atoms with Gasteiger partial charge in [-0.15, -0.1) is 0 Å². The number of nitrogens with one attached hydrogen (secondary N) is 1. The van der Waals surface area contributed by atoms with E-state index in [4.69, 9.17) is 5.73 Å². The van der Waals surface area contributed by atoms with Crippen LogP contribution >= 0.6 is 0 Å². The van der Waals surface area contributed by atoms with Gasteiger partial charge < -0.3 is 11.1 Å². The number of halogens is 2. The van der Waals surface area contributed by atoms with E-state index < -0.39 is 17.5 Å². The van der Waals surface area contributed by atoms with E-state index in [1.165, 1.54) is 13.0 Å². The van der Waals surface area contributed by atoms with Gasteiger partial charge in [0.25, 0.3) is 5.91 Å². The van der Waals surface area contributed by atoms with Gasteiger partial charge in [-0.1, -0.05) is 0 Å². The quantitative estimate of drug-likeness (QED) is 0.848. The Morgan fingerprint density at radius 2 is 2.06 bits per heavy atom. The molecule has 3 nitrogen and oxygen atoms in total. The fourth-order valence-corrected chi connectivity index (χ4v) is 1.63. The summed E-state index contributed by atoms with van der Waals surface area (Å²) in [4.78, 5) is 11.8. The predicted molar refractivity (Wildman–Crippen MR) is 66.3 cm³/mol. The number of carbonyl (C=O) groups excluding carboxylic acids is 1. The molecule has 1 atom stereocenters. The smallest absolute Gasteiger partial charge is 0.254 e. The molecule has 100 valence electrons. The van der Waals surface area contributed by atoms with Crippen LogP contribution in [-0.2, 0) is 0 Å². The molecule has 0 radical (unpaired) electrons. The van der Waals surface area contributed by atoms with Gasteiger partial charge in [-0.25, -0.2) is 8.78 Å². The third-order valence-corrected chi connectivity index (χ3v) is 2.71. The van der Waals surface area contributed by atoms with Gasteiger partial charge in [-0.2, -0.15) is 0 Å². The van der Waals surface area contributed by atoms with Crippen LogP contribution in [0.4, 0.5) is 8.78 Å². The van der Waals surface area contributed by atoms with E-state index in [-0.39, 0.29) is 17.2 Å². The molecule has 0 aliphatic rings. The first kappa shape index (κ1) is 14.6. The SMILES string of the molecule is Cc1cc(C(=O)NC(C)CCCN)c(F)cc1F. The summed E-state index contributed by atoms with van der Waals surface area (Å²) in [6, 6.07) is 1.86. The molecule has 0 aliphatic carbocycles. The Labute approximate surface area is 105 Å². The van der Waals surface area contributed by atoms with Crippen molar-refractivity contribution in [3.05, 3.63) is 34.9 Å². The van der Waals surface area contributed by atoms with Crippen LogP contribution in [0.25, 0.3) is 0 Å². The lowest BCUT2D eigenvalue weighted by Crippen LogP contribution is -2.33. The lowest BCUT2D eigenvalue weighted by Gasteiger charge is -2.14. The van der Waals surface area contributed by atoms with Crippen molar-refractivity contribution in [1.82, 2.24) is 5.32 Å². The van der Waals surface area contributed by atoms with Gasteiger partial charge in [0.15, 0.2) is 0 Å². The van der Waals surface area contributed by atoms with Crippen LogP contribution in [0.15, 0.2) is 12.1 Å². The Morgan fingerprint density at radius 1 is 1.39 bits per heavy atom. The zero-order chi connectivity index (χ0) is 13.7. The van der Waals surface area contributed by atoms with Gasteiger partial charge in [0.1, 0.15) is 11.6 Å². The molecule has 1 rings (SSSR count). The van der Waals surface area contributed by atoms with Crippen LogP contribution in [-0.4, -0.2) is 18.5 Å². The third kappa shape index (κ3) is 3.77. The highest BCUT2D eigenvalue weighted by molar-refractivity contribution is 5.94. The Morgan fingerprint density at radius 3 is 2.67 bits per heavy atom. The van der Waals surface area contributed by atoms with Crippen molar-refractivity contribution in [2.45, 2.75) is 32.7 Å². The zero-order valence-electron chi connectivity index (χ0n) is 10.6. The molecule has 0 aliphatic heterocycles. The van der Waals surface area contributed by atoms with E-state index in [9.17, 15) is 13.6 Å². The summed E-state index contributed by atoms with van der Waals surface area (Å²) >= 11 is 0. The fourth-order valence-electron chi connectivity index (χ4n) is 1.63. The minimum atomic E-state index is -0.846. The summed E-state index contributed by atoms with van der Waals surface area (Å²) in [6.07, 6.45) is 1.51. The average Bonchev–Trinajstić information content (AvgIpc) is 2.31. The fraction of sp³-hybridized carbons (Fsp3) is 0.462. The van der Waals surface area contributed by atoms with Crippen molar-refractivity contribution in [3.63, 3.8) is 0 Å². The van der Waals surface area contributed by atoms with Crippen molar-refractivity contribution < 1.29 is 13.6 Å². The summed E-state index contributed by atoms with van der Waals surface area (Å²) in [5.41, 5.74) is 5.48. The molecular formula is C13H18F2N2O. The second-order valence-corrected chi connectivity index (χ2v) is 4.39. The highest BCUT2D eigenvalue weighted by atomic mass is 19.1. The van der Waals surface area contributed by atoms with Crippen molar-refractivity contribution in [1.29, 1.82) is 0 Å². The molecule has 1 aromatic carbocycles. The number of rotatable bonds is 5. The number of carbonyl (C=O) groups is 1. The molecule has 0 saturated carbocycles. The summed E-state index contributed by atoms with van der Waals surface area (Å²) in [5, 5.41) is 2.66. The molecule has 0 spiro atoms. The maximum absolute atomic E-state index is 13.5. The molecule has 18 heavy (non-hydrogen) atoms. The molecule has 0 fully saturated rings. The molecule has 0 bridgehead atoms. The van der Waals surface area contributed by atoms with Crippen LogP contribution in [0.5, 0.6) is 0 Å². The van der Waals surface area contributed by atoms with Gasteiger partial charge >= 0.3 is 0 Å². The van der Waals surface area contributed by atoms with Crippen LogP contribution in [0, 0.1) is 18.6 Å². The minimum Gasteiger partial charge on any atom is -0.349 e. The molecule has 0 heterocycles. The first-order chi connectivity index (χ1) is 8.45. The van der Waals surface area contributed by atoms with Crippen LogP contribution in [0.1, 0.15) is 35.7 Å². The number of benzene rings is 1. The number of amides is 1. The van der Waals surface area contributed by atoms with Crippen molar-refractivity contribution in [2.75, 3.05) is 6.54 Å². The van der Waals surface area contributed by atoms with E-state index in [1.54, 1.807) is 0 Å². The van der Waals surface area contributed by atoms with E-state index in [1.807, 2.05) is 6.92 Å². The first-order valence-electron chi connectivity index (χ1n) is 5.92. The number of nitrogens with two attached hydrogens (primary N) is 1. The van der Waals surface area contributed by atoms with Gasteiger partial charge in [0.05, 0.1) is 5.56 Å². The van der Waals surface area contributed by atoms with E-state index in [0.29, 0.717) is 6.54 Å². The van der Waals surface area contributed by atoms with Gasteiger partial charge in [0, 0.05) is 12.1 Å². The monoisotopic (exact) mass is 256 g/mol. The molecule has 1 amide bonds. The topological polar surface area (TPSA) is 55.1 Å². The van der Waals surface area contributed by atoms with Crippen LogP contribution < -0.4 is 11.1 Å². The van der Waals surface area contributed by atoms with Crippen molar-refractivity contribution in [3.8, 4) is 0 Å². The Bertz CT molecular complexity index is 435. The average molecular weight is 256 g/mol. The lowest BCUT2D eigenvalue weighted by molar-refractivity contribution is 0.0934. The summed E-state index contributed by atoms with van der Waals surface area (Å²) in [6.45, 7) is 3.86. The van der Waals surface area contributed by atoms with Gasteiger partial charge in [0.2, 0.25) is 0 Å². The van der Waals surface area contributed by atoms with Crippen molar-refractivity contribution >= 4 is 5.91 Å². The molecule has 1 unspecified atom stereocenters. The molecule has 1 aromatic rings. The Balaban J connectivity index is 2.75. The standard InChI is InChI=1S/C13H18F2N2O/c1-8-6-10(12(15)7-11(8)14)13(18)17-9(2)4-3-5-16/h6-7,9H,3-5,16H2,1-2H3,(H,17,18). The van der Waals surface area contributed by atoms with Gasteiger partial charge in [-0.05, 0) is 44.9 Å². The second kappa shape index (κ2) is 6.44. The molecule has 0 saturated heterocycles. The third-order valence-electron chi connectivity index (χ3n) is 2.71. The van der Waals surface area contributed by atoms with Crippen molar-refractivity contribution in [2.24, 2.45) is 5.73 Å². The van der Waals surface area contributed by atoms with E-state index >= 15 is 0 Å². The Kier molecular flexibility index (Phi) is 5.22. The first-order valence-corrected chi connectivity index (χ1v) is 5.92. The maximum Gasteiger partial charge on any atom is 0.254 e.